The monoisotopic (exact) mass is 299 g/mol. The molecule has 2 aromatic rings. The van der Waals surface area contributed by atoms with Crippen molar-refractivity contribution in [2.24, 2.45) is 4.99 Å². The highest BCUT2D eigenvalue weighted by Crippen LogP contribution is 2.30. The lowest BCUT2D eigenvalue weighted by Gasteiger charge is -2.03. The van der Waals surface area contributed by atoms with Gasteiger partial charge in [-0.15, -0.1) is 0 Å². The number of thiazole rings is 1. The molecule has 2 heterocycles. The van der Waals surface area contributed by atoms with Crippen molar-refractivity contribution < 1.29 is 13.2 Å². The molecule has 1 aromatic heterocycles. The molecule has 7 heteroatoms. The Kier molecular flexibility index (Phi) is 3.60. The fourth-order valence-electron chi connectivity index (χ4n) is 2.13. The lowest BCUT2D eigenvalue weighted by Crippen LogP contribution is -2.11. The minimum Gasteiger partial charge on any atom is -0.320 e. The van der Waals surface area contributed by atoms with E-state index in [1.807, 2.05) is 0 Å². The average molecular weight is 299 g/mol. The number of anilines is 1. The largest absolute Gasteiger partial charge is 0.320 e. The standard InChI is InChI=1S/C13H12F3N3S/c14-7-6-8-12(11(16)10(7)15)19-13(20-8)18-9-4-2-1-3-5-17-9/h6H,1-5H2,(H,17,18,19). The molecule has 106 valence electrons. The molecular formula is C13H12F3N3S. The molecule has 0 spiro atoms. The lowest BCUT2D eigenvalue weighted by atomic mass is 10.2. The Labute approximate surface area is 117 Å². The summed E-state index contributed by atoms with van der Waals surface area (Å²) in [6.45, 7) is 0.755. The molecule has 0 saturated carbocycles. The van der Waals surface area contributed by atoms with Gasteiger partial charge in [0.1, 0.15) is 11.4 Å². The number of aromatic nitrogens is 1. The average Bonchev–Trinajstić information content (AvgIpc) is 2.65. The van der Waals surface area contributed by atoms with Crippen molar-refractivity contribution in [3.63, 3.8) is 0 Å². The number of hydrogen-bond donors (Lipinski definition) is 1. The fraction of sp³-hybridized carbons (Fsp3) is 0.385. The highest BCUT2D eigenvalue weighted by atomic mass is 32.1. The Morgan fingerprint density at radius 3 is 2.80 bits per heavy atom. The molecule has 0 radical (unpaired) electrons. The molecule has 1 aromatic carbocycles. The summed E-state index contributed by atoms with van der Waals surface area (Å²) < 4.78 is 40.2. The summed E-state index contributed by atoms with van der Waals surface area (Å²) in [6, 6.07) is 0.964. The molecule has 3 nitrogen and oxygen atoms in total. The summed E-state index contributed by atoms with van der Waals surface area (Å²) in [6.07, 6.45) is 4.02. The number of fused-ring (bicyclic) bond motifs is 1. The predicted octanol–water partition coefficient (Wildman–Crippen LogP) is 4.10. The summed E-state index contributed by atoms with van der Waals surface area (Å²) in [7, 11) is 0. The summed E-state index contributed by atoms with van der Waals surface area (Å²) in [5, 5.41) is 3.43. The van der Waals surface area contributed by atoms with Crippen LogP contribution in [0.25, 0.3) is 10.2 Å². The van der Waals surface area contributed by atoms with E-state index in [0.717, 1.165) is 55.5 Å². The Balaban J connectivity index is 1.93. The number of hydrogen-bond acceptors (Lipinski definition) is 4. The Bertz CT molecular complexity index is 681. The minimum absolute atomic E-state index is 0.148. The van der Waals surface area contributed by atoms with E-state index in [4.69, 9.17) is 0 Å². The van der Waals surface area contributed by atoms with Crippen LogP contribution in [0.15, 0.2) is 11.1 Å². The van der Waals surface area contributed by atoms with Crippen molar-refractivity contribution in [1.82, 2.24) is 4.98 Å². The third-order valence-corrected chi connectivity index (χ3v) is 4.06. The second-order valence-corrected chi connectivity index (χ2v) is 5.65. The molecule has 3 rings (SSSR count). The second-order valence-electron chi connectivity index (χ2n) is 4.62. The number of amidine groups is 1. The Morgan fingerprint density at radius 2 is 1.95 bits per heavy atom. The third kappa shape index (κ3) is 2.49. The first-order valence-electron chi connectivity index (χ1n) is 6.39. The van der Waals surface area contributed by atoms with E-state index in [0.29, 0.717) is 5.13 Å². The quantitative estimate of drug-likeness (QED) is 0.805. The van der Waals surface area contributed by atoms with E-state index >= 15 is 0 Å². The van der Waals surface area contributed by atoms with Crippen molar-refractivity contribution in [2.45, 2.75) is 25.7 Å². The third-order valence-electron chi connectivity index (χ3n) is 3.15. The molecule has 1 aliphatic heterocycles. The van der Waals surface area contributed by atoms with E-state index in [9.17, 15) is 13.2 Å². The van der Waals surface area contributed by atoms with Crippen molar-refractivity contribution in [2.75, 3.05) is 11.9 Å². The first kappa shape index (κ1) is 13.4. The summed E-state index contributed by atoms with van der Waals surface area (Å²) >= 11 is 1.09. The SMILES string of the molecule is Fc1cc2sc(NC3=NCCCCC3)nc2c(F)c1F. The smallest absolute Gasteiger partial charge is 0.196 e. The van der Waals surface area contributed by atoms with Gasteiger partial charge in [-0.3, -0.25) is 4.99 Å². The van der Waals surface area contributed by atoms with Gasteiger partial charge < -0.3 is 5.32 Å². The molecule has 20 heavy (non-hydrogen) atoms. The number of aliphatic imine (C=N–C) groups is 1. The van der Waals surface area contributed by atoms with Gasteiger partial charge in [0.05, 0.1) is 4.70 Å². The van der Waals surface area contributed by atoms with Crippen LogP contribution in [0.5, 0.6) is 0 Å². The fourth-order valence-corrected chi connectivity index (χ4v) is 3.04. The molecule has 1 N–H and O–H groups in total. The molecule has 0 fully saturated rings. The first-order chi connectivity index (χ1) is 9.65. The van der Waals surface area contributed by atoms with Gasteiger partial charge in [0.15, 0.2) is 22.6 Å². The van der Waals surface area contributed by atoms with E-state index in [1.54, 1.807) is 0 Å². The molecular weight excluding hydrogens is 287 g/mol. The van der Waals surface area contributed by atoms with E-state index in [1.165, 1.54) is 0 Å². The van der Waals surface area contributed by atoms with E-state index in [2.05, 4.69) is 15.3 Å². The number of halogens is 3. The molecule has 0 saturated heterocycles. The van der Waals surface area contributed by atoms with Crippen molar-refractivity contribution in [1.29, 1.82) is 0 Å². The van der Waals surface area contributed by atoms with Gasteiger partial charge in [-0.05, 0) is 18.9 Å². The Morgan fingerprint density at radius 1 is 1.10 bits per heavy atom. The number of rotatable bonds is 1. The van der Waals surface area contributed by atoms with Gasteiger partial charge in [-0.1, -0.05) is 17.8 Å². The van der Waals surface area contributed by atoms with Crippen molar-refractivity contribution in [3.8, 4) is 0 Å². The normalized spacial score (nSPS) is 16.1. The second kappa shape index (κ2) is 5.40. The molecule has 1 aliphatic rings. The molecule has 0 aliphatic carbocycles. The predicted molar refractivity (Wildman–Crippen MR) is 73.9 cm³/mol. The number of nitrogens with one attached hydrogen (secondary N) is 1. The zero-order valence-corrected chi connectivity index (χ0v) is 11.4. The highest BCUT2D eigenvalue weighted by Gasteiger charge is 2.18. The van der Waals surface area contributed by atoms with Crippen LogP contribution in [0.3, 0.4) is 0 Å². The van der Waals surface area contributed by atoms with Gasteiger partial charge in [0, 0.05) is 13.0 Å². The number of nitrogens with zero attached hydrogens (tertiary/aromatic N) is 2. The highest BCUT2D eigenvalue weighted by molar-refractivity contribution is 7.22. The molecule has 0 amide bonds. The van der Waals surface area contributed by atoms with Crippen LogP contribution < -0.4 is 5.32 Å². The van der Waals surface area contributed by atoms with Gasteiger partial charge in [0.25, 0.3) is 0 Å². The van der Waals surface area contributed by atoms with E-state index < -0.39 is 17.5 Å². The van der Waals surface area contributed by atoms with Gasteiger partial charge in [0.2, 0.25) is 0 Å². The topological polar surface area (TPSA) is 37.3 Å². The summed E-state index contributed by atoms with van der Waals surface area (Å²) in [5.74, 6) is -3.13. The van der Waals surface area contributed by atoms with Gasteiger partial charge >= 0.3 is 0 Å². The molecule has 0 unspecified atom stereocenters. The lowest BCUT2D eigenvalue weighted by molar-refractivity contribution is 0.453. The van der Waals surface area contributed by atoms with Gasteiger partial charge in [-0.2, -0.15) is 0 Å². The summed E-state index contributed by atoms with van der Waals surface area (Å²) in [5.41, 5.74) is -0.148. The van der Waals surface area contributed by atoms with E-state index in [-0.39, 0.29) is 10.2 Å². The Hall–Kier alpha value is -1.63. The van der Waals surface area contributed by atoms with Crippen LogP contribution in [-0.2, 0) is 0 Å². The van der Waals surface area contributed by atoms with Crippen LogP contribution in [-0.4, -0.2) is 17.4 Å². The van der Waals surface area contributed by atoms with Crippen LogP contribution >= 0.6 is 11.3 Å². The van der Waals surface area contributed by atoms with Crippen molar-refractivity contribution >= 4 is 32.5 Å². The first-order valence-corrected chi connectivity index (χ1v) is 7.21. The van der Waals surface area contributed by atoms with Crippen LogP contribution in [0.4, 0.5) is 18.3 Å². The zero-order valence-electron chi connectivity index (χ0n) is 10.5. The van der Waals surface area contributed by atoms with Crippen LogP contribution in [0.2, 0.25) is 0 Å². The number of benzene rings is 1. The van der Waals surface area contributed by atoms with Gasteiger partial charge in [-0.25, -0.2) is 18.2 Å². The van der Waals surface area contributed by atoms with Crippen LogP contribution in [0.1, 0.15) is 25.7 Å². The summed E-state index contributed by atoms with van der Waals surface area (Å²) in [4.78, 5) is 8.36. The zero-order chi connectivity index (χ0) is 14.1. The molecule has 0 atom stereocenters. The maximum Gasteiger partial charge on any atom is 0.196 e. The van der Waals surface area contributed by atoms with Crippen molar-refractivity contribution in [3.05, 3.63) is 23.5 Å². The maximum absolute atomic E-state index is 13.6. The minimum atomic E-state index is -1.49. The molecule has 0 bridgehead atoms. The maximum atomic E-state index is 13.6. The van der Waals surface area contributed by atoms with Crippen LogP contribution in [0, 0.1) is 17.5 Å².